The summed E-state index contributed by atoms with van der Waals surface area (Å²) in [6, 6.07) is 6.10. The molecule has 0 aliphatic heterocycles. The van der Waals surface area contributed by atoms with Gasteiger partial charge in [-0.1, -0.05) is 23.9 Å². The van der Waals surface area contributed by atoms with E-state index in [0.717, 1.165) is 0 Å². The molecule has 0 atom stereocenters. The molecular formula is C9H10N4O2S. The van der Waals surface area contributed by atoms with E-state index in [1.807, 2.05) is 0 Å². The van der Waals surface area contributed by atoms with Gasteiger partial charge in [0.15, 0.2) is 5.17 Å². The quantitative estimate of drug-likeness (QED) is 0.374. The second kappa shape index (κ2) is 5.86. The maximum absolute atomic E-state index is 10.5. The van der Waals surface area contributed by atoms with Crippen LogP contribution in [0.3, 0.4) is 0 Å². The molecule has 7 heteroatoms. The molecule has 16 heavy (non-hydrogen) atoms. The molecule has 0 amide bonds. The molecule has 0 saturated heterocycles. The highest BCUT2D eigenvalue weighted by molar-refractivity contribution is 8.13. The highest BCUT2D eigenvalue weighted by Gasteiger charge is 2.03. The van der Waals surface area contributed by atoms with Crippen LogP contribution in [0.25, 0.3) is 0 Å². The minimum Gasteiger partial charge on any atom is -0.377 e. The van der Waals surface area contributed by atoms with Crippen LogP contribution < -0.4 is 5.73 Å². The number of nitrogens with two attached hydrogens (primary N) is 1. The van der Waals surface area contributed by atoms with Gasteiger partial charge in [0.1, 0.15) is 0 Å². The van der Waals surface area contributed by atoms with Gasteiger partial charge in [0.2, 0.25) is 0 Å². The lowest BCUT2D eigenvalue weighted by molar-refractivity contribution is -0.384. The van der Waals surface area contributed by atoms with E-state index in [1.54, 1.807) is 18.4 Å². The van der Waals surface area contributed by atoms with Crippen molar-refractivity contribution in [2.45, 2.75) is 0 Å². The van der Waals surface area contributed by atoms with Crippen LogP contribution in [0.15, 0.2) is 34.5 Å². The molecule has 0 radical (unpaired) electrons. The van der Waals surface area contributed by atoms with Crippen LogP contribution in [-0.2, 0) is 0 Å². The highest BCUT2D eigenvalue weighted by Crippen LogP contribution is 2.11. The first kappa shape index (κ1) is 12.2. The number of hydrogen-bond donors (Lipinski definition) is 1. The number of nitro groups is 1. The van der Waals surface area contributed by atoms with Crippen molar-refractivity contribution in [3.63, 3.8) is 0 Å². The van der Waals surface area contributed by atoms with Crippen molar-refractivity contribution in [2.75, 3.05) is 6.26 Å². The van der Waals surface area contributed by atoms with Crippen molar-refractivity contribution in [2.24, 2.45) is 15.9 Å². The van der Waals surface area contributed by atoms with Crippen molar-refractivity contribution < 1.29 is 4.92 Å². The minimum atomic E-state index is -0.461. The Morgan fingerprint density at radius 2 is 2.38 bits per heavy atom. The Bertz CT molecular complexity index is 445. The lowest BCUT2D eigenvalue weighted by Gasteiger charge is -1.92. The largest absolute Gasteiger partial charge is 0.377 e. The zero-order valence-corrected chi connectivity index (χ0v) is 9.35. The third-order valence-electron chi connectivity index (χ3n) is 1.65. The molecule has 6 nitrogen and oxygen atoms in total. The summed E-state index contributed by atoms with van der Waals surface area (Å²) in [5, 5.41) is 18.2. The molecule has 1 rings (SSSR count). The van der Waals surface area contributed by atoms with Crippen LogP contribution in [0.5, 0.6) is 0 Å². The molecule has 0 heterocycles. The van der Waals surface area contributed by atoms with Gasteiger partial charge < -0.3 is 5.73 Å². The normalized spacial score (nSPS) is 11.9. The zero-order valence-electron chi connectivity index (χ0n) is 8.53. The molecule has 0 unspecified atom stereocenters. The smallest absolute Gasteiger partial charge is 0.270 e. The fraction of sp³-hybridized carbons (Fsp3) is 0.111. The average Bonchev–Trinajstić information content (AvgIpc) is 2.29. The second-order valence-corrected chi connectivity index (χ2v) is 3.57. The third-order valence-corrected chi connectivity index (χ3v) is 2.15. The van der Waals surface area contributed by atoms with Gasteiger partial charge in [-0.2, -0.15) is 5.10 Å². The zero-order chi connectivity index (χ0) is 12.0. The van der Waals surface area contributed by atoms with E-state index in [4.69, 9.17) is 5.73 Å². The maximum atomic E-state index is 10.5. The monoisotopic (exact) mass is 238 g/mol. The van der Waals surface area contributed by atoms with Crippen molar-refractivity contribution in [3.8, 4) is 0 Å². The molecule has 0 aliphatic carbocycles. The Balaban J connectivity index is 2.82. The standard InChI is InChI=1S/C9H10N4O2S/c1-16-9(10)12-11-6-7-3-2-4-8(5-7)13(14)15/h2-6H,1H3,(H2,10,12). The number of nitrogens with zero attached hydrogens (tertiary/aromatic N) is 3. The van der Waals surface area contributed by atoms with Gasteiger partial charge in [-0.15, -0.1) is 5.10 Å². The first-order valence-corrected chi connectivity index (χ1v) is 5.51. The lowest BCUT2D eigenvalue weighted by atomic mass is 10.2. The molecule has 84 valence electrons. The number of amidine groups is 1. The topological polar surface area (TPSA) is 93.9 Å². The van der Waals surface area contributed by atoms with E-state index >= 15 is 0 Å². The van der Waals surface area contributed by atoms with E-state index in [0.29, 0.717) is 10.7 Å². The minimum absolute atomic E-state index is 0.0192. The van der Waals surface area contributed by atoms with Crippen LogP contribution in [0.1, 0.15) is 5.56 Å². The van der Waals surface area contributed by atoms with Crippen LogP contribution in [0.4, 0.5) is 5.69 Å². The summed E-state index contributed by atoms with van der Waals surface area (Å²) in [5.41, 5.74) is 6.03. The van der Waals surface area contributed by atoms with Crippen LogP contribution in [0, 0.1) is 10.1 Å². The molecule has 0 aliphatic rings. The Labute approximate surface area is 96.4 Å². The molecule has 0 spiro atoms. The predicted molar refractivity (Wildman–Crippen MR) is 65.8 cm³/mol. The van der Waals surface area contributed by atoms with Crippen molar-refractivity contribution in [1.82, 2.24) is 0 Å². The first-order chi connectivity index (χ1) is 7.63. The van der Waals surface area contributed by atoms with E-state index in [1.165, 1.54) is 30.1 Å². The van der Waals surface area contributed by atoms with Gasteiger partial charge in [0, 0.05) is 17.7 Å². The van der Waals surface area contributed by atoms with E-state index < -0.39 is 4.92 Å². The molecule has 0 aromatic heterocycles. The fourth-order valence-electron chi connectivity index (χ4n) is 0.912. The Hall–Kier alpha value is -1.89. The van der Waals surface area contributed by atoms with Crippen LogP contribution in [-0.4, -0.2) is 22.6 Å². The van der Waals surface area contributed by atoms with Crippen molar-refractivity contribution in [3.05, 3.63) is 39.9 Å². The summed E-state index contributed by atoms with van der Waals surface area (Å²) in [7, 11) is 0. The van der Waals surface area contributed by atoms with Crippen molar-refractivity contribution in [1.29, 1.82) is 0 Å². The number of nitro benzene ring substituents is 1. The Morgan fingerprint density at radius 3 is 3.00 bits per heavy atom. The summed E-state index contributed by atoms with van der Waals surface area (Å²) >= 11 is 1.27. The number of benzene rings is 1. The van der Waals surface area contributed by atoms with Gasteiger partial charge in [0.25, 0.3) is 5.69 Å². The van der Waals surface area contributed by atoms with Gasteiger partial charge in [-0.3, -0.25) is 10.1 Å². The number of thioether (sulfide) groups is 1. The Morgan fingerprint density at radius 1 is 1.62 bits per heavy atom. The molecular weight excluding hydrogens is 228 g/mol. The first-order valence-electron chi connectivity index (χ1n) is 4.28. The lowest BCUT2D eigenvalue weighted by Crippen LogP contribution is -2.03. The van der Waals surface area contributed by atoms with Crippen LogP contribution >= 0.6 is 11.8 Å². The van der Waals surface area contributed by atoms with Gasteiger partial charge >= 0.3 is 0 Å². The summed E-state index contributed by atoms with van der Waals surface area (Å²) in [5.74, 6) is 0. The van der Waals surface area contributed by atoms with Gasteiger partial charge in [-0.05, 0) is 6.26 Å². The summed E-state index contributed by atoms with van der Waals surface area (Å²) in [4.78, 5) is 10.0. The molecule has 2 N–H and O–H groups in total. The number of hydrogen-bond acceptors (Lipinski definition) is 5. The average molecular weight is 238 g/mol. The highest BCUT2D eigenvalue weighted by atomic mass is 32.2. The molecule has 1 aromatic rings. The van der Waals surface area contributed by atoms with E-state index in [9.17, 15) is 10.1 Å². The Kier molecular flexibility index (Phi) is 4.46. The summed E-state index contributed by atoms with van der Waals surface area (Å²) in [6.45, 7) is 0. The molecule has 0 saturated carbocycles. The summed E-state index contributed by atoms with van der Waals surface area (Å²) < 4.78 is 0. The fourth-order valence-corrected chi connectivity index (χ4v) is 1.04. The third kappa shape index (κ3) is 3.70. The number of non-ortho nitro benzene ring substituents is 1. The van der Waals surface area contributed by atoms with E-state index in [-0.39, 0.29) is 5.69 Å². The molecule has 1 aromatic carbocycles. The van der Waals surface area contributed by atoms with Crippen molar-refractivity contribution >= 4 is 28.8 Å². The SMILES string of the molecule is CSC(N)=NN=Cc1cccc([N+](=O)[O-])c1. The van der Waals surface area contributed by atoms with E-state index in [2.05, 4.69) is 10.2 Å². The van der Waals surface area contributed by atoms with Gasteiger partial charge in [0.05, 0.1) is 11.1 Å². The summed E-state index contributed by atoms with van der Waals surface area (Å²) in [6.07, 6.45) is 3.19. The molecule has 0 fully saturated rings. The molecule has 0 bridgehead atoms. The van der Waals surface area contributed by atoms with Crippen LogP contribution in [0.2, 0.25) is 0 Å². The maximum Gasteiger partial charge on any atom is 0.270 e. The number of rotatable bonds is 3. The van der Waals surface area contributed by atoms with Gasteiger partial charge in [-0.25, -0.2) is 0 Å². The second-order valence-electron chi connectivity index (χ2n) is 2.74. The predicted octanol–water partition coefficient (Wildman–Crippen LogP) is 1.61.